The highest BCUT2D eigenvalue weighted by atomic mass is 16.7. The molecule has 1 saturated heterocycles. The molecule has 1 aliphatic heterocycles. The van der Waals surface area contributed by atoms with Gasteiger partial charge in [-0.25, -0.2) is 14.5 Å². The number of likely N-dealkylation sites (tertiary alicyclic amines) is 1. The molecule has 144 valence electrons. The van der Waals surface area contributed by atoms with Crippen molar-refractivity contribution in [3.63, 3.8) is 0 Å². The predicted molar refractivity (Wildman–Crippen MR) is 92.0 cm³/mol. The molecule has 0 radical (unpaired) electrons. The topological polar surface area (TPSA) is 82.1 Å². The van der Waals surface area contributed by atoms with Crippen LogP contribution in [-0.4, -0.2) is 46.9 Å². The Kier molecular flexibility index (Phi) is 6.48. The molecule has 2 atom stereocenters. The molecule has 1 rings (SSSR count). The van der Waals surface area contributed by atoms with Crippen LogP contribution in [0.5, 0.6) is 0 Å². The lowest BCUT2D eigenvalue weighted by molar-refractivity contribution is -0.132. The molecule has 1 aliphatic rings. The highest BCUT2D eigenvalue weighted by molar-refractivity contribution is 5.95. The number of nitrogens with zero attached hydrogens (tertiary/aromatic N) is 1. The van der Waals surface area contributed by atoms with Crippen LogP contribution in [0.2, 0.25) is 0 Å². The maximum atomic E-state index is 12.6. The first-order chi connectivity index (χ1) is 11.2. The Bertz CT molecular complexity index is 515. The van der Waals surface area contributed by atoms with Crippen LogP contribution >= 0.6 is 0 Å². The van der Waals surface area contributed by atoms with E-state index < -0.39 is 29.5 Å². The van der Waals surface area contributed by atoms with Gasteiger partial charge < -0.3 is 14.2 Å². The summed E-state index contributed by atoms with van der Waals surface area (Å²) >= 11 is 0. The molecule has 2 amide bonds. The summed E-state index contributed by atoms with van der Waals surface area (Å²) in [6.07, 6.45) is -1.10. The summed E-state index contributed by atoms with van der Waals surface area (Å²) < 4.78 is 15.6. The third-order valence-electron chi connectivity index (χ3n) is 3.62. The number of imide groups is 1. The molecule has 0 aromatic heterocycles. The van der Waals surface area contributed by atoms with Crippen molar-refractivity contribution in [3.8, 4) is 0 Å². The quantitative estimate of drug-likeness (QED) is 0.716. The van der Waals surface area contributed by atoms with Crippen molar-refractivity contribution >= 4 is 18.2 Å². The molecule has 7 nitrogen and oxygen atoms in total. The van der Waals surface area contributed by atoms with Crippen molar-refractivity contribution in [2.75, 3.05) is 6.61 Å². The Morgan fingerprint density at radius 3 is 2.04 bits per heavy atom. The standard InChI is InChI=1S/C18H31NO6/c1-11(2)13-9-12(10-23-16(22)25-18(6,7)8)19(14(13)20)15(21)24-17(3,4)5/h11-13H,9-10H2,1-8H3/t12-,13-/m0/s1. The predicted octanol–water partition coefficient (Wildman–Crippen LogP) is 3.75. The summed E-state index contributed by atoms with van der Waals surface area (Å²) in [4.78, 5) is 37.9. The monoisotopic (exact) mass is 357 g/mol. The summed E-state index contributed by atoms with van der Waals surface area (Å²) in [5.74, 6) is -0.522. The van der Waals surface area contributed by atoms with Crippen LogP contribution in [0.15, 0.2) is 0 Å². The molecule has 0 aliphatic carbocycles. The molecule has 0 aromatic rings. The molecule has 0 N–H and O–H groups in total. The van der Waals surface area contributed by atoms with Crippen LogP contribution in [-0.2, 0) is 19.0 Å². The maximum Gasteiger partial charge on any atom is 0.508 e. The molecule has 1 heterocycles. The summed E-state index contributed by atoms with van der Waals surface area (Å²) in [7, 11) is 0. The molecule has 1 fully saturated rings. The number of hydrogen-bond acceptors (Lipinski definition) is 6. The summed E-state index contributed by atoms with van der Waals surface area (Å²) in [5.41, 5.74) is -1.39. The molecule has 0 aromatic carbocycles. The van der Waals surface area contributed by atoms with Gasteiger partial charge in [-0.05, 0) is 53.9 Å². The van der Waals surface area contributed by atoms with Gasteiger partial charge in [0.15, 0.2) is 0 Å². The Labute approximate surface area is 150 Å². The Hall–Kier alpha value is -1.79. The number of amides is 2. The van der Waals surface area contributed by atoms with Gasteiger partial charge in [-0.2, -0.15) is 0 Å². The van der Waals surface area contributed by atoms with Gasteiger partial charge in [0.25, 0.3) is 0 Å². The normalized spacial score (nSPS) is 21.5. The van der Waals surface area contributed by atoms with Gasteiger partial charge in [0, 0.05) is 5.92 Å². The van der Waals surface area contributed by atoms with Crippen molar-refractivity contribution in [2.45, 2.75) is 79.1 Å². The fraction of sp³-hybridized carbons (Fsp3) is 0.833. The molecule has 0 bridgehead atoms. The number of hydrogen-bond donors (Lipinski definition) is 0. The van der Waals surface area contributed by atoms with Crippen molar-refractivity contribution < 1.29 is 28.6 Å². The van der Waals surface area contributed by atoms with Crippen molar-refractivity contribution in [1.29, 1.82) is 0 Å². The molecule has 25 heavy (non-hydrogen) atoms. The third kappa shape index (κ3) is 6.55. The van der Waals surface area contributed by atoms with Gasteiger partial charge in [0.2, 0.25) is 5.91 Å². The zero-order valence-electron chi connectivity index (χ0n) is 16.5. The van der Waals surface area contributed by atoms with E-state index in [1.54, 1.807) is 41.5 Å². The third-order valence-corrected chi connectivity index (χ3v) is 3.62. The van der Waals surface area contributed by atoms with Crippen molar-refractivity contribution in [2.24, 2.45) is 11.8 Å². The van der Waals surface area contributed by atoms with Crippen LogP contribution in [0.25, 0.3) is 0 Å². The molecular weight excluding hydrogens is 326 g/mol. The smallest absolute Gasteiger partial charge is 0.443 e. The van der Waals surface area contributed by atoms with Crippen LogP contribution in [0, 0.1) is 11.8 Å². The van der Waals surface area contributed by atoms with Crippen LogP contribution in [0.4, 0.5) is 9.59 Å². The van der Waals surface area contributed by atoms with E-state index in [0.29, 0.717) is 6.42 Å². The molecule has 0 spiro atoms. The zero-order chi connectivity index (χ0) is 19.6. The van der Waals surface area contributed by atoms with E-state index in [2.05, 4.69) is 0 Å². The zero-order valence-corrected chi connectivity index (χ0v) is 16.5. The van der Waals surface area contributed by atoms with E-state index >= 15 is 0 Å². The maximum absolute atomic E-state index is 12.6. The van der Waals surface area contributed by atoms with Gasteiger partial charge in [0.1, 0.15) is 17.8 Å². The second-order valence-corrected chi connectivity index (χ2v) is 8.70. The molecule has 7 heteroatoms. The lowest BCUT2D eigenvalue weighted by atomic mass is 9.93. The molecule has 0 unspecified atom stereocenters. The Morgan fingerprint density at radius 1 is 1.08 bits per heavy atom. The minimum atomic E-state index is -0.822. The average molecular weight is 357 g/mol. The first-order valence-electron chi connectivity index (χ1n) is 8.63. The van der Waals surface area contributed by atoms with Gasteiger partial charge in [-0.3, -0.25) is 4.79 Å². The highest BCUT2D eigenvalue weighted by Crippen LogP contribution is 2.32. The van der Waals surface area contributed by atoms with Crippen LogP contribution < -0.4 is 0 Å². The second kappa shape index (κ2) is 7.62. The second-order valence-electron chi connectivity index (χ2n) is 8.70. The summed E-state index contributed by atoms with van der Waals surface area (Å²) in [6.45, 7) is 14.1. The summed E-state index contributed by atoms with van der Waals surface area (Å²) in [6, 6.07) is -0.553. The first kappa shape index (κ1) is 21.3. The fourth-order valence-corrected chi connectivity index (χ4v) is 2.55. The minimum Gasteiger partial charge on any atom is -0.443 e. The Morgan fingerprint density at radius 2 is 1.60 bits per heavy atom. The number of carbonyl (C=O) groups excluding carboxylic acids is 3. The first-order valence-corrected chi connectivity index (χ1v) is 8.63. The van der Waals surface area contributed by atoms with Crippen molar-refractivity contribution in [1.82, 2.24) is 4.90 Å². The lowest BCUT2D eigenvalue weighted by Crippen LogP contribution is -2.45. The average Bonchev–Trinajstić information content (AvgIpc) is 2.69. The van der Waals surface area contributed by atoms with Gasteiger partial charge in [0.05, 0.1) is 6.04 Å². The van der Waals surface area contributed by atoms with E-state index in [1.807, 2.05) is 13.8 Å². The van der Waals surface area contributed by atoms with Crippen molar-refractivity contribution in [3.05, 3.63) is 0 Å². The fourth-order valence-electron chi connectivity index (χ4n) is 2.55. The molecular formula is C18H31NO6. The van der Waals surface area contributed by atoms with E-state index in [4.69, 9.17) is 14.2 Å². The van der Waals surface area contributed by atoms with E-state index in [0.717, 1.165) is 4.90 Å². The van der Waals surface area contributed by atoms with E-state index in [-0.39, 0.29) is 24.3 Å². The SMILES string of the molecule is CC(C)[C@@H]1C[C@@H](COC(=O)OC(C)(C)C)N(C(=O)OC(C)(C)C)C1=O. The highest BCUT2D eigenvalue weighted by Gasteiger charge is 2.46. The van der Waals surface area contributed by atoms with Crippen LogP contribution in [0.1, 0.15) is 61.8 Å². The van der Waals surface area contributed by atoms with Gasteiger partial charge in [-0.15, -0.1) is 0 Å². The van der Waals surface area contributed by atoms with Gasteiger partial charge in [-0.1, -0.05) is 13.8 Å². The lowest BCUT2D eigenvalue weighted by Gasteiger charge is -2.27. The minimum absolute atomic E-state index is 0.0731. The van der Waals surface area contributed by atoms with E-state index in [1.165, 1.54) is 0 Å². The number of carbonyl (C=O) groups is 3. The van der Waals surface area contributed by atoms with Gasteiger partial charge >= 0.3 is 12.2 Å². The number of rotatable bonds is 3. The summed E-state index contributed by atoms with van der Waals surface area (Å²) in [5, 5.41) is 0. The Balaban J connectivity index is 2.84. The largest absolute Gasteiger partial charge is 0.508 e. The molecule has 0 saturated carbocycles. The number of ether oxygens (including phenoxy) is 3. The van der Waals surface area contributed by atoms with E-state index in [9.17, 15) is 14.4 Å². The van der Waals surface area contributed by atoms with Crippen LogP contribution in [0.3, 0.4) is 0 Å².